The molecule has 1 atom stereocenters. The van der Waals surface area contributed by atoms with Crippen LogP contribution in [0.2, 0.25) is 0 Å². The lowest BCUT2D eigenvalue weighted by atomic mass is 10.1. The number of carbonyl (C=O) groups excluding carboxylic acids is 1. The lowest BCUT2D eigenvalue weighted by Crippen LogP contribution is -2.34. The van der Waals surface area contributed by atoms with E-state index in [-0.39, 0.29) is 11.9 Å². The molecular weight excluding hydrogens is 302 g/mol. The molecule has 1 aromatic carbocycles. The standard InChI is InChI=1S/C18H21N5O/c1-11-4-6-14(7-5-11)16-10-17(23-22-16)18(24)19-12(2)8-15-9-13(3)20-21-15/h4-7,9-10,12H,8H2,1-3H3,(H,19,24)(H,20,21)(H,22,23). The number of rotatable bonds is 5. The summed E-state index contributed by atoms with van der Waals surface area (Å²) in [6.07, 6.45) is 0.676. The highest BCUT2D eigenvalue weighted by Crippen LogP contribution is 2.18. The normalized spacial score (nSPS) is 12.1. The van der Waals surface area contributed by atoms with E-state index in [1.165, 1.54) is 5.56 Å². The van der Waals surface area contributed by atoms with Crippen LogP contribution in [0, 0.1) is 13.8 Å². The van der Waals surface area contributed by atoms with Gasteiger partial charge in [0.05, 0.1) is 11.4 Å². The zero-order valence-corrected chi connectivity index (χ0v) is 14.1. The van der Waals surface area contributed by atoms with E-state index in [0.717, 1.165) is 22.6 Å². The van der Waals surface area contributed by atoms with Gasteiger partial charge < -0.3 is 5.32 Å². The van der Waals surface area contributed by atoms with Gasteiger partial charge in [-0.2, -0.15) is 10.2 Å². The number of aromatic amines is 2. The molecule has 0 aliphatic rings. The van der Waals surface area contributed by atoms with Crippen LogP contribution in [0.25, 0.3) is 11.3 Å². The summed E-state index contributed by atoms with van der Waals surface area (Å²) >= 11 is 0. The van der Waals surface area contributed by atoms with Gasteiger partial charge in [-0.3, -0.25) is 15.0 Å². The quantitative estimate of drug-likeness (QED) is 0.675. The van der Waals surface area contributed by atoms with E-state index in [1.807, 2.05) is 51.1 Å². The molecule has 2 aromatic heterocycles. The average molecular weight is 323 g/mol. The van der Waals surface area contributed by atoms with E-state index in [2.05, 4.69) is 25.7 Å². The van der Waals surface area contributed by atoms with Crippen molar-refractivity contribution in [3.63, 3.8) is 0 Å². The summed E-state index contributed by atoms with van der Waals surface area (Å²) in [4.78, 5) is 12.3. The highest BCUT2D eigenvalue weighted by atomic mass is 16.2. The van der Waals surface area contributed by atoms with E-state index in [9.17, 15) is 4.79 Å². The second-order valence-electron chi connectivity index (χ2n) is 6.15. The van der Waals surface area contributed by atoms with Crippen molar-refractivity contribution in [3.8, 4) is 11.3 Å². The molecule has 3 N–H and O–H groups in total. The van der Waals surface area contributed by atoms with E-state index in [0.29, 0.717) is 12.1 Å². The molecule has 2 heterocycles. The Bertz CT molecular complexity index is 831. The molecule has 3 aromatic rings. The fourth-order valence-corrected chi connectivity index (χ4v) is 2.56. The number of amides is 1. The second kappa shape index (κ2) is 6.70. The second-order valence-corrected chi connectivity index (χ2v) is 6.15. The van der Waals surface area contributed by atoms with E-state index in [1.54, 1.807) is 6.07 Å². The van der Waals surface area contributed by atoms with Gasteiger partial charge in [-0.15, -0.1) is 0 Å². The average Bonchev–Trinajstić information content (AvgIpc) is 3.17. The zero-order valence-electron chi connectivity index (χ0n) is 14.1. The molecule has 0 aliphatic carbocycles. The van der Waals surface area contributed by atoms with Crippen LogP contribution in [0.5, 0.6) is 0 Å². The summed E-state index contributed by atoms with van der Waals surface area (Å²) in [5.74, 6) is -0.166. The molecule has 0 spiro atoms. The van der Waals surface area contributed by atoms with Crippen LogP contribution in [0.4, 0.5) is 0 Å². The van der Waals surface area contributed by atoms with Gasteiger partial charge in [0.15, 0.2) is 0 Å². The number of nitrogens with one attached hydrogen (secondary N) is 3. The van der Waals surface area contributed by atoms with Crippen molar-refractivity contribution in [1.82, 2.24) is 25.7 Å². The molecule has 3 rings (SSSR count). The minimum Gasteiger partial charge on any atom is -0.348 e. The monoisotopic (exact) mass is 323 g/mol. The van der Waals surface area contributed by atoms with Gasteiger partial charge in [-0.25, -0.2) is 0 Å². The number of H-pyrrole nitrogens is 2. The maximum atomic E-state index is 12.3. The summed E-state index contributed by atoms with van der Waals surface area (Å²) in [5, 5.41) is 17.1. The van der Waals surface area contributed by atoms with Crippen LogP contribution in [0.3, 0.4) is 0 Å². The third-order valence-electron chi connectivity index (χ3n) is 3.82. The molecule has 6 nitrogen and oxygen atoms in total. The summed E-state index contributed by atoms with van der Waals surface area (Å²) in [6.45, 7) is 5.95. The first-order valence-electron chi connectivity index (χ1n) is 7.95. The number of nitrogens with zero attached hydrogens (tertiary/aromatic N) is 2. The van der Waals surface area contributed by atoms with Crippen molar-refractivity contribution in [2.75, 3.05) is 0 Å². The number of hydrogen-bond acceptors (Lipinski definition) is 3. The van der Waals surface area contributed by atoms with Crippen molar-refractivity contribution in [2.45, 2.75) is 33.2 Å². The number of hydrogen-bond donors (Lipinski definition) is 3. The maximum absolute atomic E-state index is 12.3. The molecule has 0 saturated heterocycles. The maximum Gasteiger partial charge on any atom is 0.269 e. The Morgan fingerprint density at radius 2 is 1.88 bits per heavy atom. The van der Waals surface area contributed by atoms with Crippen LogP contribution in [0.1, 0.15) is 34.4 Å². The van der Waals surface area contributed by atoms with Crippen molar-refractivity contribution in [2.24, 2.45) is 0 Å². The van der Waals surface area contributed by atoms with Crippen molar-refractivity contribution in [3.05, 3.63) is 59.0 Å². The van der Waals surface area contributed by atoms with E-state index in [4.69, 9.17) is 0 Å². The lowest BCUT2D eigenvalue weighted by Gasteiger charge is -2.11. The van der Waals surface area contributed by atoms with Crippen molar-refractivity contribution < 1.29 is 4.79 Å². The molecule has 1 amide bonds. The number of aromatic nitrogens is 4. The van der Waals surface area contributed by atoms with Crippen LogP contribution < -0.4 is 5.32 Å². The predicted molar refractivity (Wildman–Crippen MR) is 92.7 cm³/mol. The van der Waals surface area contributed by atoms with Crippen LogP contribution in [-0.4, -0.2) is 32.3 Å². The Hall–Kier alpha value is -2.89. The van der Waals surface area contributed by atoms with Gasteiger partial charge in [0.25, 0.3) is 5.91 Å². The minimum absolute atomic E-state index is 0.0219. The summed E-state index contributed by atoms with van der Waals surface area (Å²) in [6, 6.07) is 11.8. The van der Waals surface area contributed by atoms with Crippen molar-refractivity contribution >= 4 is 5.91 Å². The van der Waals surface area contributed by atoms with E-state index < -0.39 is 0 Å². The van der Waals surface area contributed by atoms with Gasteiger partial charge in [0.1, 0.15) is 5.69 Å². The first-order valence-corrected chi connectivity index (χ1v) is 7.95. The molecule has 0 fully saturated rings. The fraction of sp³-hybridized carbons (Fsp3) is 0.278. The topological polar surface area (TPSA) is 86.5 Å². The van der Waals surface area contributed by atoms with Gasteiger partial charge >= 0.3 is 0 Å². The molecule has 6 heteroatoms. The predicted octanol–water partition coefficient (Wildman–Crippen LogP) is 2.78. The Labute approximate surface area is 140 Å². The molecule has 0 saturated carbocycles. The highest BCUT2D eigenvalue weighted by Gasteiger charge is 2.14. The third kappa shape index (κ3) is 3.71. The summed E-state index contributed by atoms with van der Waals surface area (Å²) in [5.41, 5.74) is 5.34. The van der Waals surface area contributed by atoms with Crippen LogP contribution in [0.15, 0.2) is 36.4 Å². The molecule has 0 aliphatic heterocycles. The van der Waals surface area contributed by atoms with Crippen LogP contribution >= 0.6 is 0 Å². The van der Waals surface area contributed by atoms with Gasteiger partial charge in [-0.05, 0) is 32.9 Å². The zero-order chi connectivity index (χ0) is 17.1. The third-order valence-corrected chi connectivity index (χ3v) is 3.82. The molecule has 124 valence electrons. The lowest BCUT2D eigenvalue weighted by molar-refractivity contribution is 0.0935. The van der Waals surface area contributed by atoms with Crippen LogP contribution in [-0.2, 0) is 6.42 Å². The summed E-state index contributed by atoms with van der Waals surface area (Å²) in [7, 11) is 0. The van der Waals surface area contributed by atoms with Gasteiger partial charge in [-0.1, -0.05) is 29.8 Å². The Kier molecular flexibility index (Phi) is 4.46. The molecular formula is C18H21N5O. The molecule has 24 heavy (non-hydrogen) atoms. The molecule has 0 radical (unpaired) electrons. The number of aryl methyl sites for hydroxylation is 2. The van der Waals surface area contributed by atoms with Gasteiger partial charge in [0, 0.05) is 23.7 Å². The SMILES string of the molecule is Cc1ccc(-c2cc(C(=O)NC(C)Cc3cc(C)[nH]n3)[nH]n2)cc1. The Morgan fingerprint density at radius 3 is 2.54 bits per heavy atom. The van der Waals surface area contributed by atoms with Crippen molar-refractivity contribution in [1.29, 1.82) is 0 Å². The first kappa shape index (κ1) is 16.0. The van der Waals surface area contributed by atoms with E-state index >= 15 is 0 Å². The first-order chi connectivity index (χ1) is 11.5. The Morgan fingerprint density at radius 1 is 1.12 bits per heavy atom. The molecule has 1 unspecified atom stereocenters. The highest BCUT2D eigenvalue weighted by molar-refractivity contribution is 5.93. The Balaban J connectivity index is 1.64. The number of carbonyl (C=O) groups is 1. The molecule has 0 bridgehead atoms. The fourth-order valence-electron chi connectivity index (χ4n) is 2.56. The minimum atomic E-state index is -0.166. The van der Waals surface area contributed by atoms with Gasteiger partial charge in [0.2, 0.25) is 0 Å². The smallest absolute Gasteiger partial charge is 0.269 e. The summed E-state index contributed by atoms with van der Waals surface area (Å²) < 4.78 is 0. The number of benzene rings is 1. The largest absolute Gasteiger partial charge is 0.348 e.